The van der Waals surface area contributed by atoms with Crippen molar-refractivity contribution in [2.45, 2.75) is 19.4 Å². The summed E-state index contributed by atoms with van der Waals surface area (Å²) in [4.78, 5) is 6.97. The van der Waals surface area contributed by atoms with Crippen molar-refractivity contribution in [3.8, 4) is 11.5 Å². The average molecular weight is 306 g/mol. The van der Waals surface area contributed by atoms with Crippen LogP contribution in [0.1, 0.15) is 18.5 Å². The van der Waals surface area contributed by atoms with E-state index in [-0.39, 0.29) is 0 Å². The van der Waals surface area contributed by atoms with E-state index in [0.29, 0.717) is 16.8 Å². The molecule has 0 amide bonds. The molecule has 112 valence electrons. The number of nitrogens with zero attached hydrogens (tertiary/aromatic N) is 2. The van der Waals surface area contributed by atoms with Crippen LogP contribution in [-0.4, -0.2) is 29.5 Å². The first kappa shape index (κ1) is 14.6. The number of oxazole rings is 1. The van der Waals surface area contributed by atoms with E-state index >= 15 is 0 Å². The van der Waals surface area contributed by atoms with Gasteiger partial charge >= 0.3 is 0 Å². The Bertz CT molecular complexity index is 599. The summed E-state index contributed by atoms with van der Waals surface area (Å²) in [5.74, 6) is 1.23. The molecule has 3 rings (SSSR count). The minimum atomic E-state index is 0.609. The predicted octanol–water partition coefficient (Wildman–Crippen LogP) is 3.17. The minimum absolute atomic E-state index is 0.609. The van der Waals surface area contributed by atoms with Crippen molar-refractivity contribution in [1.82, 2.24) is 9.88 Å². The lowest BCUT2D eigenvalue weighted by atomic mass is 9.98. The van der Waals surface area contributed by atoms with Crippen LogP contribution < -0.4 is 5.73 Å². The molecule has 4 nitrogen and oxygen atoms in total. The molecule has 21 heavy (non-hydrogen) atoms. The van der Waals surface area contributed by atoms with Crippen molar-refractivity contribution in [3.63, 3.8) is 0 Å². The first-order valence-corrected chi connectivity index (χ1v) is 7.75. The summed E-state index contributed by atoms with van der Waals surface area (Å²) in [6.07, 6.45) is 4.18. The van der Waals surface area contributed by atoms with E-state index in [2.05, 4.69) is 9.88 Å². The van der Waals surface area contributed by atoms with E-state index in [1.165, 1.54) is 12.8 Å². The third-order valence-electron chi connectivity index (χ3n) is 3.95. The number of halogens is 1. The lowest BCUT2D eigenvalue weighted by Crippen LogP contribution is -2.37. The second-order valence-electron chi connectivity index (χ2n) is 5.63. The highest BCUT2D eigenvalue weighted by atomic mass is 35.5. The second-order valence-corrected chi connectivity index (χ2v) is 6.07. The fourth-order valence-corrected chi connectivity index (χ4v) is 3.04. The van der Waals surface area contributed by atoms with Gasteiger partial charge in [-0.05, 0) is 50.0 Å². The van der Waals surface area contributed by atoms with Gasteiger partial charge in [0, 0.05) is 23.7 Å². The van der Waals surface area contributed by atoms with E-state index in [1.54, 1.807) is 6.26 Å². The van der Waals surface area contributed by atoms with E-state index < -0.39 is 0 Å². The molecule has 2 aromatic rings. The first-order chi connectivity index (χ1) is 10.2. The molecule has 1 aromatic carbocycles. The van der Waals surface area contributed by atoms with Gasteiger partial charge in [0.1, 0.15) is 6.26 Å². The maximum absolute atomic E-state index is 6.00. The van der Waals surface area contributed by atoms with Gasteiger partial charge in [0.05, 0.1) is 5.69 Å². The summed E-state index contributed by atoms with van der Waals surface area (Å²) in [6.45, 7) is 3.75. The average Bonchev–Trinajstić information content (AvgIpc) is 2.96. The summed E-state index contributed by atoms with van der Waals surface area (Å²) in [5.41, 5.74) is 7.65. The molecule has 1 aliphatic heterocycles. The Hall–Kier alpha value is -1.36. The fraction of sp³-hybridized carbons (Fsp3) is 0.438. The number of likely N-dealkylation sites (tertiary alicyclic amines) is 1. The Kier molecular flexibility index (Phi) is 4.58. The van der Waals surface area contributed by atoms with Crippen LogP contribution in [-0.2, 0) is 6.54 Å². The monoisotopic (exact) mass is 305 g/mol. The van der Waals surface area contributed by atoms with E-state index in [0.717, 1.165) is 37.4 Å². The Morgan fingerprint density at radius 2 is 2.33 bits per heavy atom. The zero-order valence-corrected chi connectivity index (χ0v) is 12.7. The molecule has 2 heterocycles. The summed E-state index contributed by atoms with van der Waals surface area (Å²) < 4.78 is 5.58. The largest absolute Gasteiger partial charge is 0.444 e. The molecule has 1 fully saturated rings. The first-order valence-electron chi connectivity index (χ1n) is 7.37. The number of hydrogen-bond donors (Lipinski definition) is 1. The van der Waals surface area contributed by atoms with Crippen LogP contribution in [0.2, 0.25) is 5.02 Å². The molecule has 1 unspecified atom stereocenters. The van der Waals surface area contributed by atoms with Crippen LogP contribution >= 0.6 is 11.6 Å². The summed E-state index contributed by atoms with van der Waals surface area (Å²) in [6, 6.07) is 7.56. The van der Waals surface area contributed by atoms with E-state index in [1.807, 2.05) is 24.3 Å². The number of rotatable bonds is 4. The molecule has 1 atom stereocenters. The molecule has 1 aromatic heterocycles. The van der Waals surface area contributed by atoms with Gasteiger partial charge in [-0.1, -0.05) is 17.7 Å². The minimum Gasteiger partial charge on any atom is -0.444 e. The van der Waals surface area contributed by atoms with Crippen LogP contribution in [0.25, 0.3) is 11.5 Å². The van der Waals surface area contributed by atoms with Gasteiger partial charge in [-0.15, -0.1) is 0 Å². The fourth-order valence-electron chi connectivity index (χ4n) is 2.85. The topological polar surface area (TPSA) is 55.3 Å². The maximum Gasteiger partial charge on any atom is 0.226 e. The molecule has 0 bridgehead atoms. The molecule has 0 aliphatic carbocycles. The highest BCUT2D eigenvalue weighted by Crippen LogP contribution is 2.23. The van der Waals surface area contributed by atoms with Crippen molar-refractivity contribution in [1.29, 1.82) is 0 Å². The standard InChI is InChI=1S/C16H20ClN3O/c17-14-5-1-4-13(7-14)16-19-15(11-21-16)10-20-6-2-3-12(8-18)9-20/h1,4-5,7,11-12H,2-3,6,8-10,18H2. The molecule has 0 saturated carbocycles. The van der Waals surface area contributed by atoms with Gasteiger partial charge in [-0.2, -0.15) is 0 Å². The lowest BCUT2D eigenvalue weighted by molar-refractivity contribution is 0.169. The number of benzene rings is 1. The Morgan fingerprint density at radius 3 is 3.14 bits per heavy atom. The lowest BCUT2D eigenvalue weighted by Gasteiger charge is -2.31. The number of piperidine rings is 1. The zero-order valence-electron chi connectivity index (χ0n) is 12.0. The Labute approximate surface area is 129 Å². The molecule has 1 saturated heterocycles. The number of hydrogen-bond acceptors (Lipinski definition) is 4. The summed E-state index contributed by atoms with van der Waals surface area (Å²) >= 11 is 6.00. The van der Waals surface area contributed by atoms with Crippen LogP contribution in [0.3, 0.4) is 0 Å². The van der Waals surface area contributed by atoms with Crippen LogP contribution in [0.5, 0.6) is 0 Å². The van der Waals surface area contributed by atoms with Crippen LogP contribution in [0.4, 0.5) is 0 Å². The Balaban J connectivity index is 1.68. The number of aromatic nitrogens is 1. The van der Waals surface area contributed by atoms with Crippen molar-refractivity contribution >= 4 is 11.6 Å². The summed E-state index contributed by atoms with van der Waals surface area (Å²) in [5, 5.41) is 0.689. The summed E-state index contributed by atoms with van der Waals surface area (Å²) in [7, 11) is 0. The molecule has 0 spiro atoms. The zero-order chi connectivity index (χ0) is 14.7. The highest BCUT2D eigenvalue weighted by Gasteiger charge is 2.19. The maximum atomic E-state index is 6.00. The van der Waals surface area contributed by atoms with Crippen molar-refractivity contribution in [2.24, 2.45) is 11.7 Å². The van der Waals surface area contributed by atoms with Gasteiger partial charge in [0.25, 0.3) is 0 Å². The highest BCUT2D eigenvalue weighted by molar-refractivity contribution is 6.30. The third-order valence-corrected chi connectivity index (χ3v) is 4.18. The molecule has 5 heteroatoms. The van der Waals surface area contributed by atoms with Crippen molar-refractivity contribution in [2.75, 3.05) is 19.6 Å². The normalized spacial score (nSPS) is 19.8. The molecule has 1 aliphatic rings. The number of nitrogens with two attached hydrogens (primary N) is 1. The molecular formula is C16H20ClN3O. The van der Waals surface area contributed by atoms with Crippen molar-refractivity contribution in [3.05, 3.63) is 41.2 Å². The van der Waals surface area contributed by atoms with E-state index in [9.17, 15) is 0 Å². The molecule has 0 radical (unpaired) electrons. The predicted molar refractivity (Wildman–Crippen MR) is 84.0 cm³/mol. The van der Waals surface area contributed by atoms with Gasteiger partial charge in [-0.3, -0.25) is 4.90 Å². The van der Waals surface area contributed by atoms with Gasteiger partial charge in [-0.25, -0.2) is 4.98 Å². The van der Waals surface area contributed by atoms with Gasteiger partial charge in [0.15, 0.2) is 0 Å². The van der Waals surface area contributed by atoms with Crippen LogP contribution in [0, 0.1) is 5.92 Å². The molecular weight excluding hydrogens is 286 g/mol. The third kappa shape index (κ3) is 3.64. The molecule has 2 N–H and O–H groups in total. The Morgan fingerprint density at radius 1 is 1.43 bits per heavy atom. The van der Waals surface area contributed by atoms with E-state index in [4.69, 9.17) is 21.8 Å². The van der Waals surface area contributed by atoms with Gasteiger partial charge in [0.2, 0.25) is 5.89 Å². The quantitative estimate of drug-likeness (QED) is 0.942. The SMILES string of the molecule is NCC1CCCN(Cc2coc(-c3cccc(Cl)c3)n2)C1. The smallest absolute Gasteiger partial charge is 0.226 e. The second kappa shape index (κ2) is 6.60. The van der Waals surface area contributed by atoms with Gasteiger partial charge < -0.3 is 10.2 Å². The van der Waals surface area contributed by atoms with Crippen LogP contribution in [0.15, 0.2) is 34.9 Å². The van der Waals surface area contributed by atoms with Crippen molar-refractivity contribution < 1.29 is 4.42 Å².